The van der Waals surface area contributed by atoms with Crippen LogP contribution in [-0.2, 0) is 5.41 Å². The van der Waals surface area contributed by atoms with Crippen molar-refractivity contribution in [2.24, 2.45) is 22.9 Å². The minimum absolute atomic E-state index is 0.148. The molecular weight excluding hydrogens is 292 g/mol. The van der Waals surface area contributed by atoms with Gasteiger partial charge in [0.15, 0.2) is 0 Å². The molecule has 2 aromatic rings. The first-order valence-corrected chi connectivity index (χ1v) is 7.25. The Kier molecular flexibility index (Phi) is 4.91. The zero-order valence-electron chi connectivity index (χ0n) is 13.5. The molecule has 0 atom stereocenters. The summed E-state index contributed by atoms with van der Waals surface area (Å²) in [5, 5.41) is 0. The van der Waals surface area contributed by atoms with E-state index in [1.165, 1.54) is 0 Å². The largest absolute Gasteiger partial charge is 0.497 e. The van der Waals surface area contributed by atoms with Crippen molar-refractivity contribution in [3.63, 3.8) is 0 Å². The Bertz CT molecular complexity index is 586. The molecule has 0 heterocycles. The summed E-state index contributed by atoms with van der Waals surface area (Å²) >= 11 is 0. The molecule has 0 radical (unpaired) electrons. The lowest BCUT2D eigenvalue weighted by atomic mass is 9.69. The van der Waals surface area contributed by atoms with Gasteiger partial charge in [-0.25, -0.2) is 0 Å². The summed E-state index contributed by atoms with van der Waals surface area (Å²) in [7, 11) is 3.21. The third kappa shape index (κ3) is 3.02. The first-order valence-electron chi connectivity index (χ1n) is 7.25. The second-order valence-electron chi connectivity index (χ2n) is 5.50. The van der Waals surface area contributed by atoms with Crippen molar-refractivity contribution in [2.45, 2.75) is 11.2 Å². The van der Waals surface area contributed by atoms with E-state index in [0.717, 1.165) is 22.6 Å². The van der Waals surface area contributed by atoms with Gasteiger partial charge in [0.25, 0.3) is 0 Å². The molecule has 0 bridgehead atoms. The quantitative estimate of drug-likeness (QED) is 0.575. The Labute approximate surface area is 136 Å². The zero-order chi connectivity index (χ0) is 17.1. The van der Waals surface area contributed by atoms with Crippen LogP contribution in [0.1, 0.15) is 11.1 Å². The molecule has 0 aliphatic carbocycles. The minimum atomic E-state index is -1.55. The highest BCUT2D eigenvalue weighted by molar-refractivity contribution is 5.46. The van der Waals surface area contributed by atoms with Gasteiger partial charge in [0.05, 0.1) is 19.6 Å². The molecule has 0 aliphatic heterocycles. The monoisotopic (exact) mass is 316 g/mol. The van der Waals surface area contributed by atoms with Gasteiger partial charge in [-0.3, -0.25) is 0 Å². The van der Waals surface area contributed by atoms with Crippen LogP contribution in [0.25, 0.3) is 0 Å². The molecule has 2 rings (SSSR count). The number of methoxy groups -OCH3 is 2. The third-order valence-electron chi connectivity index (χ3n) is 4.21. The van der Waals surface area contributed by atoms with E-state index < -0.39 is 11.2 Å². The fourth-order valence-corrected chi connectivity index (χ4v) is 2.83. The van der Waals surface area contributed by atoms with Crippen molar-refractivity contribution in [1.82, 2.24) is 0 Å². The van der Waals surface area contributed by atoms with Gasteiger partial charge >= 0.3 is 0 Å². The maximum atomic E-state index is 6.14. The first kappa shape index (κ1) is 17.2. The van der Waals surface area contributed by atoms with Crippen LogP contribution in [0.4, 0.5) is 0 Å². The van der Waals surface area contributed by atoms with Crippen molar-refractivity contribution >= 4 is 0 Å². The van der Waals surface area contributed by atoms with Gasteiger partial charge in [0.1, 0.15) is 17.3 Å². The van der Waals surface area contributed by atoms with Crippen LogP contribution in [-0.4, -0.2) is 26.6 Å². The minimum Gasteiger partial charge on any atom is -0.497 e. The number of rotatable bonds is 6. The van der Waals surface area contributed by atoms with Crippen molar-refractivity contribution in [3.8, 4) is 11.5 Å². The van der Waals surface area contributed by atoms with Crippen LogP contribution in [0.15, 0.2) is 48.5 Å². The highest BCUT2D eigenvalue weighted by atomic mass is 16.5. The molecule has 0 unspecified atom stereocenters. The number of hydrogen-bond donors (Lipinski definition) is 4. The van der Waals surface area contributed by atoms with Crippen LogP contribution < -0.4 is 32.4 Å². The summed E-state index contributed by atoms with van der Waals surface area (Å²) in [6, 6.07) is 14.8. The Morgan fingerprint density at radius 1 is 0.739 bits per heavy atom. The lowest BCUT2D eigenvalue weighted by molar-refractivity contribution is 0.280. The summed E-state index contributed by atoms with van der Waals surface area (Å²) in [5.41, 5.74) is 25.2. The Morgan fingerprint density at radius 3 is 1.30 bits per heavy atom. The van der Waals surface area contributed by atoms with E-state index in [4.69, 9.17) is 32.4 Å². The van der Waals surface area contributed by atoms with Crippen molar-refractivity contribution in [1.29, 1.82) is 0 Å². The molecule has 23 heavy (non-hydrogen) atoms. The van der Waals surface area contributed by atoms with E-state index in [2.05, 4.69) is 0 Å². The highest BCUT2D eigenvalue weighted by Gasteiger charge is 2.46. The topological polar surface area (TPSA) is 123 Å². The van der Waals surface area contributed by atoms with E-state index in [1.807, 2.05) is 48.5 Å². The molecule has 0 spiro atoms. The molecular formula is C17H24N4O2. The maximum absolute atomic E-state index is 6.14. The van der Waals surface area contributed by atoms with Gasteiger partial charge in [-0.15, -0.1) is 0 Å². The Hall–Kier alpha value is -2.12. The lowest BCUT2D eigenvalue weighted by Crippen LogP contribution is -2.73. The number of ether oxygens (including phenoxy) is 2. The third-order valence-corrected chi connectivity index (χ3v) is 4.21. The van der Waals surface area contributed by atoms with Gasteiger partial charge in [-0.2, -0.15) is 0 Å². The Balaban J connectivity index is 2.63. The van der Waals surface area contributed by atoms with E-state index in [-0.39, 0.29) is 6.54 Å². The molecule has 0 saturated heterocycles. The van der Waals surface area contributed by atoms with Gasteiger partial charge in [0, 0.05) is 6.54 Å². The fraction of sp³-hybridized carbons (Fsp3) is 0.294. The molecule has 0 aliphatic rings. The van der Waals surface area contributed by atoms with Crippen molar-refractivity contribution in [2.75, 3.05) is 20.8 Å². The second-order valence-corrected chi connectivity index (χ2v) is 5.50. The summed E-state index contributed by atoms with van der Waals surface area (Å²) in [4.78, 5) is 0. The molecule has 124 valence electrons. The normalized spacial score (nSPS) is 12.1. The highest BCUT2D eigenvalue weighted by Crippen LogP contribution is 2.37. The standard InChI is InChI=1S/C17H24N4O2/c1-22-14-7-3-12(4-8-14)16(11-18,17(19,20)21)13-5-9-15(23-2)10-6-13/h3-10H,11,18-21H2,1-2H3. The van der Waals surface area contributed by atoms with Crippen LogP contribution in [0.5, 0.6) is 11.5 Å². The van der Waals surface area contributed by atoms with Gasteiger partial charge in [0.2, 0.25) is 0 Å². The molecule has 0 aromatic heterocycles. The SMILES string of the molecule is COc1ccc(C(CN)(c2ccc(OC)cc2)C(N)(N)N)cc1. The van der Waals surface area contributed by atoms with E-state index >= 15 is 0 Å². The van der Waals surface area contributed by atoms with Crippen LogP contribution in [0.2, 0.25) is 0 Å². The van der Waals surface area contributed by atoms with E-state index in [0.29, 0.717) is 0 Å². The smallest absolute Gasteiger partial charge is 0.131 e. The summed E-state index contributed by atoms with van der Waals surface area (Å²) in [5.74, 6) is -0.0950. The summed E-state index contributed by atoms with van der Waals surface area (Å²) < 4.78 is 10.4. The summed E-state index contributed by atoms with van der Waals surface area (Å²) in [6.45, 7) is 0.148. The van der Waals surface area contributed by atoms with E-state index in [1.54, 1.807) is 14.2 Å². The molecule has 6 heteroatoms. The Morgan fingerprint density at radius 2 is 1.09 bits per heavy atom. The summed E-state index contributed by atoms with van der Waals surface area (Å²) in [6.07, 6.45) is 0. The predicted molar refractivity (Wildman–Crippen MR) is 91.1 cm³/mol. The molecule has 0 saturated carbocycles. The van der Waals surface area contributed by atoms with Gasteiger partial charge in [-0.1, -0.05) is 24.3 Å². The molecule has 0 amide bonds. The molecule has 6 nitrogen and oxygen atoms in total. The average Bonchev–Trinajstić information content (AvgIpc) is 2.56. The van der Waals surface area contributed by atoms with Gasteiger partial charge < -0.3 is 32.4 Å². The maximum Gasteiger partial charge on any atom is 0.131 e. The van der Waals surface area contributed by atoms with Crippen LogP contribution in [0, 0.1) is 0 Å². The van der Waals surface area contributed by atoms with Crippen LogP contribution in [0.3, 0.4) is 0 Å². The number of nitrogens with two attached hydrogens (primary N) is 4. The predicted octanol–water partition coefficient (Wildman–Crippen LogP) is 0.479. The van der Waals surface area contributed by atoms with E-state index in [9.17, 15) is 0 Å². The lowest BCUT2D eigenvalue weighted by Gasteiger charge is -2.44. The molecule has 0 fully saturated rings. The molecule has 2 aromatic carbocycles. The molecule has 8 N–H and O–H groups in total. The van der Waals surface area contributed by atoms with Crippen molar-refractivity contribution < 1.29 is 9.47 Å². The second kappa shape index (κ2) is 6.55. The zero-order valence-corrected chi connectivity index (χ0v) is 13.5. The fourth-order valence-electron chi connectivity index (χ4n) is 2.83. The average molecular weight is 316 g/mol. The van der Waals surface area contributed by atoms with Gasteiger partial charge in [-0.05, 0) is 35.4 Å². The number of benzene rings is 2. The van der Waals surface area contributed by atoms with Crippen LogP contribution >= 0.6 is 0 Å². The van der Waals surface area contributed by atoms with Crippen molar-refractivity contribution in [3.05, 3.63) is 59.7 Å². The number of hydrogen-bond acceptors (Lipinski definition) is 6. The first-order chi connectivity index (χ1) is 10.9.